The van der Waals surface area contributed by atoms with Crippen molar-refractivity contribution in [2.24, 2.45) is 5.92 Å². The number of aromatic nitrogens is 2. The maximum absolute atomic E-state index is 13.1. The number of amides is 1. The second kappa shape index (κ2) is 9.30. The number of carbonyl (C=O) groups excluding carboxylic acids is 1. The lowest BCUT2D eigenvalue weighted by Crippen LogP contribution is -2.41. The van der Waals surface area contributed by atoms with Gasteiger partial charge in [-0.3, -0.25) is 4.79 Å². The number of rotatable bonds is 5. The predicted octanol–water partition coefficient (Wildman–Crippen LogP) is 3.20. The van der Waals surface area contributed by atoms with Crippen molar-refractivity contribution in [2.75, 3.05) is 25.9 Å². The maximum Gasteiger partial charge on any atom is 0.272 e. The fourth-order valence-corrected chi connectivity index (χ4v) is 5.52. The number of carbonyl (C=O) groups is 1. The van der Waals surface area contributed by atoms with E-state index >= 15 is 0 Å². The van der Waals surface area contributed by atoms with Gasteiger partial charge in [-0.25, -0.2) is 17.4 Å². The zero-order valence-electron chi connectivity index (χ0n) is 17.8. The van der Waals surface area contributed by atoms with Gasteiger partial charge in [0.25, 0.3) is 5.91 Å². The maximum atomic E-state index is 13.1. The van der Waals surface area contributed by atoms with Crippen LogP contribution in [0.4, 0.5) is 0 Å². The molecule has 1 saturated heterocycles. The van der Waals surface area contributed by atoms with E-state index in [-0.39, 0.29) is 11.8 Å². The van der Waals surface area contributed by atoms with Crippen LogP contribution < -0.4 is 5.32 Å². The van der Waals surface area contributed by atoms with Crippen molar-refractivity contribution in [3.8, 4) is 5.69 Å². The fraction of sp³-hybridized carbons (Fsp3) is 0.545. The van der Waals surface area contributed by atoms with Crippen molar-refractivity contribution in [3.05, 3.63) is 46.2 Å². The van der Waals surface area contributed by atoms with Crippen molar-refractivity contribution in [3.63, 3.8) is 0 Å². The van der Waals surface area contributed by atoms with Crippen molar-refractivity contribution >= 4 is 27.5 Å². The van der Waals surface area contributed by atoms with E-state index in [1.165, 1.54) is 10.6 Å². The first-order chi connectivity index (χ1) is 14.8. The summed E-state index contributed by atoms with van der Waals surface area (Å²) in [6, 6.07) is 7.53. The molecule has 0 saturated carbocycles. The molecule has 2 aromatic rings. The highest BCUT2D eigenvalue weighted by molar-refractivity contribution is 7.88. The fourth-order valence-electron chi connectivity index (χ4n) is 4.52. The minimum Gasteiger partial charge on any atom is -0.350 e. The average Bonchev–Trinajstić information content (AvgIpc) is 2.93. The summed E-state index contributed by atoms with van der Waals surface area (Å²) in [6.07, 6.45) is 7.82. The van der Waals surface area contributed by atoms with Crippen LogP contribution in [0.1, 0.15) is 53.8 Å². The molecule has 9 heteroatoms. The van der Waals surface area contributed by atoms with Crippen LogP contribution in [-0.4, -0.2) is 54.3 Å². The molecule has 168 valence electrons. The van der Waals surface area contributed by atoms with E-state index in [2.05, 4.69) is 5.32 Å². The van der Waals surface area contributed by atoms with Crippen LogP contribution >= 0.6 is 11.6 Å². The highest BCUT2D eigenvalue weighted by Crippen LogP contribution is 2.27. The minimum atomic E-state index is -3.14. The van der Waals surface area contributed by atoms with Gasteiger partial charge in [-0.15, -0.1) is 0 Å². The number of halogens is 1. The number of fused-ring (bicyclic) bond motifs is 1. The van der Waals surface area contributed by atoms with Gasteiger partial charge in [0.1, 0.15) is 0 Å². The second-order valence-electron chi connectivity index (χ2n) is 8.54. The zero-order chi connectivity index (χ0) is 22.0. The van der Waals surface area contributed by atoms with Crippen LogP contribution in [0.3, 0.4) is 0 Å². The summed E-state index contributed by atoms with van der Waals surface area (Å²) in [5, 5.41) is 8.45. The summed E-state index contributed by atoms with van der Waals surface area (Å²) in [7, 11) is -3.14. The van der Waals surface area contributed by atoms with Gasteiger partial charge in [-0.1, -0.05) is 18.0 Å². The highest BCUT2D eigenvalue weighted by Gasteiger charge is 2.27. The Labute approximate surface area is 188 Å². The van der Waals surface area contributed by atoms with Gasteiger partial charge in [0.05, 0.1) is 11.9 Å². The molecule has 1 aromatic heterocycles. The standard InChI is InChI=1S/C22H29ClN4O3S/c1-31(29,30)26-13-11-16(12-14-26)15-24-22(28)21-19-5-3-2-4-6-20(19)27(25-21)18-9-7-17(23)8-10-18/h7-10,16H,2-6,11-15H2,1H3,(H,24,28). The molecule has 2 heterocycles. The van der Waals surface area contributed by atoms with Crippen molar-refractivity contribution in [1.29, 1.82) is 0 Å². The van der Waals surface area contributed by atoms with Crippen LogP contribution in [0.15, 0.2) is 24.3 Å². The SMILES string of the molecule is CS(=O)(=O)N1CCC(CNC(=O)c2nn(-c3ccc(Cl)cc3)c3c2CCCCC3)CC1. The highest BCUT2D eigenvalue weighted by atomic mass is 35.5. The van der Waals surface area contributed by atoms with Crippen molar-refractivity contribution in [1.82, 2.24) is 19.4 Å². The topological polar surface area (TPSA) is 84.3 Å². The molecule has 31 heavy (non-hydrogen) atoms. The molecule has 1 aliphatic carbocycles. The van der Waals surface area contributed by atoms with E-state index < -0.39 is 10.0 Å². The molecule has 1 aromatic carbocycles. The predicted molar refractivity (Wildman–Crippen MR) is 121 cm³/mol. The number of benzene rings is 1. The van der Waals surface area contributed by atoms with Gasteiger partial charge in [-0.2, -0.15) is 5.10 Å². The summed E-state index contributed by atoms with van der Waals surface area (Å²) < 4.78 is 26.8. The zero-order valence-corrected chi connectivity index (χ0v) is 19.4. The van der Waals surface area contributed by atoms with Gasteiger partial charge in [0.15, 0.2) is 5.69 Å². The van der Waals surface area contributed by atoms with Crippen molar-refractivity contribution in [2.45, 2.75) is 44.9 Å². The van der Waals surface area contributed by atoms with Gasteiger partial charge < -0.3 is 5.32 Å². The van der Waals surface area contributed by atoms with Gasteiger partial charge in [-0.05, 0) is 68.7 Å². The molecule has 1 amide bonds. The number of nitrogens with one attached hydrogen (secondary N) is 1. The Morgan fingerprint density at radius 1 is 1.13 bits per heavy atom. The third-order valence-corrected chi connectivity index (χ3v) is 7.87. The lowest BCUT2D eigenvalue weighted by Gasteiger charge is -2.30. The van der Waals surface area contributed by atoms with Crippen LogP contribution in [-0.2, 0) is 22.9 Å². The first kappa shape index (κ1) is 22.3. The van der Waals surface area contributed by atoms with E-state index in [4.69, 9.17) is 16.7 Å². The monoisotopic (exact) mass is 464 g/mol. The molecular formula is C22H29ClN4O3S. The molecule has 0 spiro atoms. The smallest absolute Gasteiger partial charge is 0.272 e. The first-order valence-corrected chi connectivity index (χ1v) is 13.2. The van der Waals surface area contributed by atoms with E-state index in [0.717, 1.165) is 61.9 Å². The van der Waals surface area contributed by atoms with Crippen molar-refractivity contribution < 1.29 is 13.2 Å². The number of sulfonamides is 1. The van der Waals surface area contributed by atoms with E-state index in [0.29, 0.717) is 30.4 Å². The molecule has 1 aliphatic heterocycles. The normalized spacial score (nSPS) is 18.4. The molecule has 2 aliphatic rings. The molecule has 1 N–H and O–H groups in total. The largest absolute Gasteiger partial charge is 0.350 e. The Hall–Kier alpha value is -1.90. The quantitative estimate of drug-likeness (QED) is 0.688. The average molecular weight is 465 g/mol. The van der Waals surface area contributed by atoms with Crippen LogP contribution in [0.5, 0.6) is 0 Å². The lowest BCUT2D eigenvalue weighted by molar-refractivity contribution is 0.0935. The lowest BCUT2D eigenvalue weighted by atomic mass is 9.98. The third-order valence-electron chi connectivity index (χ3n) is 6.31. The number of piperidine rings is 1. The van der Waals surface area contributed by atoms with Gasteiger partial charge >= 0.3 is 0 Å². The van der Waals surface area contributed by atoms with Crippen LogP contribution in [0.2, 0.25) is 5.02 Å². The molecule has 0 radical (unpaired) electrons. The molecule has 0 atom stereocenters. The minimum absolute atomic E-state index is 0.142. The van der Waals surface area contributed by atoms with Gasteiger partial charge in [0, 0.05) is 35.9 Å². The number of hydrogen-bond donors (Lipinski definition) is 1. The Kier molecular flexibility index (Phi) is 6.69. The summed E-state index contributed by atoms with van der Waals surface area (Å²) in [4.78, 5) is 13.1. The Morgan fingerprint density at radius 3 is 2.48 bits per heavy atom. The third kappa shape index (κ3) is 5.13. The van der Waals surface area contributed by atoms with E-state index in [1.807, 2.05) is 28.9 Å². The summed E-state index contributed by atoms with van der Waals surface area (Å²) in [5.41, 5.74) is 3.60. The first-order valence-electron chi connectivity index (χ1n) is 10.9. The van der Waals surface area contributed by atoms with Crippen LogP contribution in [0, 0.1) is 5.92 Å². The molecule has 7 nitrogen and oxygen atoms in total. The van der Waals surface area contributed by atoms with E-state index in [9.17, 15) is 13.2 Å². The Bertz CT molecular complexity index is 1040. The Morgan fingerprint density at radius 2 is 1.81 bits per heavy atom. The van der Waals surface area contributed by atoms with Gasteiger partial charge in [0.2, 0.25) is 10.0 Å². The summed E-state index contributed by atoms with van der Waals surface area (Å²) in [6.45, 7) is 1.57. The molecular weight excluding hydrogens is 436 g/mol. The Balaban J connectivity index is 1.48. The number of hydrogen-bond acceptors (Lipinski definition) is 4. The van der Waals surface area contributed by atoms with E-state index in [1.54, 1.807) is 0 Å². The molecule has 0 bridgehead atoms. The molecule has 1 fully saturated rings. The molecule has 4 rings (SSSR count). The number of nitrogens with zero attached hydrogens (tertiary/aromatic N) is 3. The van der Waals surface area contributed by atoms with Crippen LogP contribution in [0.25, 0.3) is 5.69 Å². The summed E-state index contributed by atoms with van der Waals surface area (Å²) in [5.74, 6) is 0.135. The summed E-state index contributed by atoms with van der Waals surface area (Å²) >= 11 is 6.04. The second-order valence-corrected chi connectivity index (χ2v) is 11.0. The molecule has 0 unspecified atom stereocenters.